The van der Waals surface area contributed by atoms with Gasteiger partial charge in [0.2, 0.25) is 0 Å². The van der Waals surface area contributed by atoms with E-state index in [2.05, 4.69) is 4.98 Å². The number of ether oxygens (including phenoxy) is 1. The molecule has 1 heterocycles. The molecule has 0 unspecified atom stereocenters. The third-order valence-electron chi connectivity index (χ3n) is 3.01. The molecule has 1 saturated carbocycles. The Bertz CT molecular complexity index is 353. The minimum absolute atomic E-state index is 0.0571. The fourth-order valence-electron chi connectivity index (χ4n) is 1.62. The smallest absolute Gasteiger partial charge is 0.128 e. The van der Waals surface area contributed by atoms with E-state index in [4.69, 9.17) is 9.84 Å². The number of hydrogen-bond acceptors (Lipinski definition) is 4. The lowest BCUT2D eigenvalue weighted by atomic mass is 10.3. The Morgan fingerprint density at radius 2 is 2.35 bits per heavy atom. The molecule has 4 nitrogen and oxygen atoms in total. The van der Waals surface area contributed by atoms with Crippen molar-refractivity contribution in [3.63, 3.8) is 0 Å². The van der Waals surface area contributed by atoms with Crippen LogP contribution in [0.5, 0.6) is 0 Å². The average molecular weight is 236 g/mol. The van der Waals surface area contributed by atoms with Gasteiger partial charge in [0.25, 0.3) is 0 Å². The molecule has 17 heavy (non-hydrogen) atoms. The molecule has 0 radical (unpaired) electrons. The lowest BCUT2D eigenvalue weighted by Gasteiger charge is -2.18. The number of aliphatic hydroxyl groups is 1. The van der Waals surface area contributed by atoms with E-state index in [1.165, 1.54) is 12.8 Å². The third-order valence-corrected chi connectivity index (χ3v) is 3.01. The topological polar surface area (TPSA) is 45.6 Å². The Morgan fingerprint density at radius 1 is 1.53 bits per heavy atom. The van der Waals surface area contributed by atoms with Crippen molar-refractivity contribution in [3.05, 3.63) is 23.9 Å². The zero-order valence-electron chi connectivity index (χ0n) is 10.3. The molecule has 0 aromatic carbocycles. The zero-order chi connectivity index (χ0) is 12.1. The molecule has 94 valence electrons. The number of hydrogen-bond donors (Lipinski definition) is 1. The van der Waals surface area contributed by atoms with Gasteiger partial charge >= 0.3 is 0 Å². The number of pyridine rings is 1. The summed E-state index contributed by atoms with van der Waals surface area (Å²) in [6.07, 6.45) is 4.38. The molecule has 0 spiro atoms. The van der Waals surface area contributed by atoms with Gasteiger partial charge < -0.3 is 14.7 Å². The number of nitrogens with zero attached hydrogens (tertiary/aromatic N) is 2. The molecule has 4 heteroatoms. The summed E-state index contributed by atoms with van der Waals surface area (Å²) in [5.41, 5.74) is 0.890. The molecule has 1 aromatic heterocycles. The minimum atomic E-state index is 0.0571. The second kappa shape index (κ2) is 5.98. The summed E-state index contributed by atoms with van der Waals surface area (Å²) in [6.45, 7) is 2.52. The molecule has 1 aromatic rings. The molecular weight excluding hydrogens is 216 g/mol. The highest BCUT2D eigenvalue weighted by Gasteiger charge is 2.20. The molecule has 0 amide bonds. The van der Waals surface area contributed by atoms with E-state index in [0.717, 1.165) is 37.1 Å². The highest BCUT2D eigenvalue weighted by molar-refractivity contribution is 5.39. The van der Waals surface area contributed by atoms with Gasteiger partial charge in [-0.15, -0.1) is 0 Å². The molecule has 1 aliphatic carbocycles. The van der Waals surface area contributed by atoms with Gasteiger partial charge in [-0.05, 0) is 36.5 Å². The van der Waals surface area contributed by atoms with Crippen LogP contribution in [0.1, 0.15) is 18.4 Å². The molecule has 0 atom stereocenters. The number of aliphatic hydroxyl groups excluding tert-OH is 1. The van der Waals surface area contributed by atoms with Gasteiger partial charge in [-0.2, -0.15) is 0 Å². The quantitative estimate of drug-likeness (QED) is 0.728. The normalized spacial score (nSPS) is 14.9. The summed E-state index contributed by atoms with van der Waals surface area (Å²) in [4.78, 5) is 6.32. The van der Waals surface area contributed by atoms with Crippen molar-refractivity contribution in [2.75, 3.05) is 31.7 Å². The van der Waals surface area contributed by atoms with E-state index in [1.54, 1.807) is 6.20 Å². The summed E-state index contributed by atoms with van der Waals surface area (Å²) in [7, 11) is 1.99. The van der Waals surface area contributed by atoms with Crippen LogP contribution in [0.3, 0.4) is 0 Å². The van der Waals surface area contributed by atoms with E-state index in [-0.39, 0.29) is 6.61 Å². The van der Waals surface area contributed by atoms with Crippen molar-refractivity contribution in [2.24, 2.45) is 5.92 Å². The van der Waals surface area contributed by atoms with Crippen molar-refractivity contribution in [1.29, 1.82) is 0 Å². The summed E-state index contributed by atoms with van der Waals surface area (Å²) >= 11 is 0. The van der Waals surface area contributed by atoms with E-state index in [1.807, 2.05) is 24.1 Å². The monoisotopic (exact) mass is 236 g/mol. The first-order valence-corrected chi connectivity index (χ1v) is 6.14. The first-order valence-electron chi connectivity index (χ1n) is 6.14. The Hall–Kier alpha value is -1.13. The van der Waals surface area contributed by atoms with Crippen LogP contribution in [0, 0.1) is 5.92 Å². The van der Waals surface area contributed by atoms with Crippen molar-refractivity contribution in [1.82, 2.24) is 4.98 Å². The van der Waals surface area contributed by atoms with Crippen molar-refractivity contribution in [2.45, 2.75) is 19.4 Å². The SMILES string of the molecule is CN(CCOCC1CC1)c1cc(CO)ccn1. The van der Waals surface area contributed by atoms with Crippen LogP contribution in [-0.2, 0) is 11.3 Å². The summed E-state index contributed by atoms with van der Waals surface area (Å²) in [5, 5.41) is 9.05. The number of anilines is 1. The van der Waals surface area contributed by atoms with Crippen LogP contribution in [0.25, 0.3) is 0 Å². The zero-order valence-corrected chi connectivity index (χ0v) is 10.3. The van der Waals surface area contributed by atoms with Crippen molar-refractivity contribution in [3.8, 4) is 0 Å². The minimum Gasteiger partial charge on any atom is -0.392 e. The Balaban J connectivity index is 1.74. The van der Waals surface area contributed by atoms with Crippen LogP contribution in [0.4, 0.5) is 5.82 Å². The van der Waals surface area contributed by atoms with E-state index in [9.17, 15) is 0 Å². The molecular formula is C13H20N2O2. The largest absolute Gasteiger partial charge is 0.392 e. The maximum absolute atomic E-state index is 9.05. The number of rotatable bonds is 7. The Kier molecular flexibility index (Phi) is 4.34. The molecule has 1 fully saturated rings. The van der Waals surface area contributed by atoms with Crippen molar-refractivity contribution < 1.29 is 9.84 Å². The molecule has 0 aliphatic heterocycles. The summed E-state index contributed by atoms with van der Waals surface area (Å²) in [6, 6.07) is 3.72. The lowest BCUT2D eigenvalue weighted by molar-refractivity contribution is 0.131. The summed E-state index contributed by atoms with van der Waals surface area (Å²) < 4.78 is 5.59. The average Bonchev–Trinajstić information content (AvgIpc) is 3.18. The van der Waals surface area contributed by atoms with E-state index in [0.29, 0.717) is 0 Å². The maximum Gasteiger partial charge on any atom is 0.128 e. The van der Waals surface area contributed by atoms with Crippen LogP contribution in [0.15, 0.2) is 18.3 Å². The van der Waals surface area contributed by atoms with E-state index >= 15 is 0 Å². The number of aromatic nitrogens is 1. The first-order chi connectivity index (χ1) is 8.29. The third kappa shape index (κ3) is 3.98. The highest BCUT2D eigenvalue weighted by Crippen LogP contribution is 2.28. The standard InChI is InChI=1S/C13H20N2O2/c1-15(6-7-17-10-11-2-3-11)13-8-12(9-16)4-5-14-13/h4-5,8,11,16H,2-3,6-7,9-10H2,1H3. The number of likely N-dealkylation sites (N-methyl/N-ethyl adjacent to an activating group) is 1. The Labute approximate surface area is 102 Å². The predicted octanol–water partition coefficient (Wildman–Crippen LogP) is 1.44. The second-order valence-corrected chi connectivity index (χ2v) is 4.62. The molecule has 0 saturated heterocycles. The summed E-state index contributed by atoms with van der Waals surface area (Å²) in [5.74, 6) is 1.70. The predicted molar refractivity (Wildman–Crippen MR) is 67.0 cm³/mol. The van der Waals surface area contributed by atoms with Crippen LogP contribution < -0.4 is 4.90 Å². The lowest BCUT2D eigenvalue weighted by Crippen LogP contribution is -2.24. The highest BCUT2D eigenvalue weighted by atomic mass is 16.5. The van der Waals surface area contributed by atoms with Crippen LogP contribution in [-0.4, -0.2) is 36.9 Å². The first kappa shape index (κ1) is 12.3. The van der Waals surface area contributed by atoms with Crippen LogP contribution in [0.2, 0.25) is 0 Å². The fraction of sp³-hybridized carbons (Fsp3) is 0.615. The van der Waals surface area contributed by atoms with Gasteiger partial charge in [0.15, 0.2) is 0 Å². The Morgan fingerprint density at radius 3 is 3.06 bits per heavy atom. The van der Waals surface area contributed by atoms with Crippen molar-refractivity contribution >= 4 is 5.82 Å². The molecule has 2 rings (SSSR count). The second-order valence-electron chi connectivity index (χ2n) is 4.62. The van der Waals surface area contributed by atoms with Gasteiger partial charge in [-0.1, -0.05) is 0 Å². The maximum atomic E-state index is 9.05. The van der Waals surface area contributed by atoms with Gasteiger partial charge in [-0.3, -0.25) is 0 Å². The van der Waals surface area contributed by atoms with Crippen LogP contribution >= 0.6 is 0 Å². The molecule has 1 N–H and O–H groups in total. The molecule has 0 bridgehead atoms. The van der Waals surface area contributed by atoms with Gasteiger partial charge in [0.05, 0.1) is 13.2 Å². The van der Waals surface area contributed by atoms with E-state index < -0.39 is 0 Å². The van der Waals surface area contributed by atoms with Gasteiger partial charge in [0, 0.05) is 26.4 Å². The van der Waals surface area contributed by atoms with Gasteiger partial charge in [0.1, 0.15) is 5.82 Å². The molecule has 1 aliphatic rings. The van der Waals surface area contributed by atoms with Gasteiger partial charge in [-0.25, -0.2) is 4.98 Å². The fourth-order valence-corrected chi connectivity index (χ4v) is 1.62.